The maximum atomic E-state index is 15.0. The maximum absolute atomic E-state index is 15.0. The van der Waals surface area contributed by atoms with Crippen LogP contribution in [0.25, 0.3) is 27.9 Å². The van der Waals surface area contributed by atoms with E-state index in [1.807, 2.05) is 37.5 Å². The Morgan fingerprint density at radius 3 is 2.85 bits per heavy atom. The van der Waals surface area contributed by atoms with E-state index in [-0.39, 0.29) is 17.8 Å². The van der Waals surface area contributed by atoms with E-state index >= 15 is 4.39 Å². The number of aliphatic imine (C=N–C) groups is 1. The normalized spacial score (nSPS) is 20.4. The number of hydrogen-bond donors (Lipinski definition) is 2. The summed E-state index contributed by atoms with van der Waals surface area (Å²) < 4.78 is 15.0. The van der Waals surface area contributed by atoms with E-state index in [2.05, 4.69) is 32.1 Å². The van der Waals surface area contributed by atoms with E-state index in [4.69, 9.17) is 0 Å². The van der Waals surface area contributed by atoms with Gasteiger partial charge in [0.1, 0.15) is 5.82 Å². The van der Waals surface area contributed by atoms with Crippen LogP contribution in [0.15, 0.2) is 53.9 Å². The molecule has 2 aromatic heterocycles. The third kappa shape index (κ3) is 4.22. The minimum Gasteiger partial charge on any atom is -0.361 e. The molecule has 1 fully saturated rings. The zero-order chi connectivity index (χ0) is 23.7. The molecule has 0 radical (unpaired) electrons. The Hall–Kier alpha value is -3.48. The summed E-state index contributed by atoms with van der Waals surface area (Å²) in [5.74, 6) is -0.151. The Kier molecular flexibility index (Phi) is 6.18. The molecule has 2 unspecified atom stereocenters. The quantitative estimate of drug-likeness (QED) is 0.527. The molecule has 5 rings (SSSR count). The van der Waals surface area contributed by atoms with Gasteiger partial charge in [0.15, 0.2) is 0 Å². The molecule has 2 aliphatic rings. The zero-order valence-corrected chi connectivity index (χ0v) is 19.6. The number of nitrogens with zero attached hydrogens (tertiary/aromatic N) is 3. The average Bonchev–Trinajstić information content (AvgIpc) is 3.54. The van der Waals surface area contributed by atoms with E-state index < -0.39 is 0 Å². The fraction of sp³-hybridized carbons (Fsp3) is 0.370. The first-order valence-electron chi connectivity index (χ1n) is 12.1. The standard InChI is InChI=1S/C27H30FN5O/c1-3-18-16-33(20-7-6-19(13-20)32-26(34)4-2)25(15-30-18)17-5-9-24(31-14-17)21-8-10-23-22(27(21)28)11-12-29-23/h5,8-12,14-15,19-20,29H,3-4,6-7,13,16H2,1-2H3,(H,32,34). The van der Waals surface area contributed by atoms with Gasteiger partial charge in [-0.3, -0.25) is 14.8 Å². The maximum Gasteiger partial charge on any atom is 0.219 e. The van der Waals surface area contributed by atoms with Crippen molar-refractivity contribution in [1.29, 1.82) is 0 Å². The molecule has 3 aromatic rings. The van der Waals surface area contributed by atoms with Gasteiger partial charge in [-0.1, -0.05) is 13.8 Å². The summed E-state index contributed by atoms with van der Waals surface area (Å²) in [6, 6.07) is 9.82. The molecule has 34 heavy (non-hydrogen) atoms. The lowest BCUT2D eigenvalue weighted by atomic mass is 10.0. The summed E-state index contributed by atoms with van der Waals surface area (Å²) in [5, 5.41) is 3.72. The number of aromatic nitrogens is 2. The fourth-order valence-corrected chi connectivity index (χ4v) is 5.02. The van der Waals surface area contributed by atoms with Crippen LogP contribution in [-0.4, -0.2) is 45.1 Å². The molecule has 2 atom stereocenters. The number of pyridine rings is 1. The predicted molar refractivity (Wildman–Crippen MR) is 134 cm³/mol. The zero-order valence-electron chi connectivity index (χ0n) is 19.6. The smallest absolute Gasteiger partial charge is 0.219 e. The molecule has 6 nitrogen and oxygen atoms in total. The molecule has 1 aliphatic carbocycles. The summed E-state index contributed by atoms with van der Waals surface area (Å²) in [6.45, 7) is 4.79. The largest absolute Gasteiger partial charge is 0.361 e. The van der Waals surface area contributed by atoms with Crippen LogP contribution in [0, 0.1) is 5.82 Å². The van der Waals surface area contributed by atoms with Crippen molar-refractivity contribution in [2.45, 2.75) is 58.0 Å². The van der Waals surface area contributed by atoms with E-state index in [1.165, 1.54) is 0 Å². The second-order valence-electron chi connectivity index (χ2n) is 9.07. The van der Waals surface area contributed by atoms with Crippen LogP contribution in [0.4, 0.5) is 4.39 Å². The van der Waals surface area contributed by atoms with Gasteiger partial charge in [-0.25, -0.2) is 4.39 Å². The van der Waals surface area contributed by atoms with Crippen LogP contribution in [0.1, 0.15) is 51.5 Å². The van der Waals surface area contributed by atoms with Crippen LogP contribution in [0.3, 0.4) is 0 Å². The first kappa shape index (κ1) is 22.3. The summed E-state index contributed by atoms with van der Waals surface area (Å²) in [5.41, 5.74) is 5.02. The average molecular weight is 460 g/mol. The number of amides is 1. The van der Waals surface area contributed by atoms with E-state index in [0.717, 1.165) is 54.7 Å². The minimum atomic E-state index is -0.263. The Balaban J connectivity index is 1.40. The highest BCUT2D eigenvalue weighted by Gasteiger charge is 2.33. The Bertz CT molecular complexity index is 1260. The second kappa shape index (κ2) is 9.41. The summed E-state index contributed by atoms with van der Waals surface area (Å²) in [6.07, 6.45) is 9.83. The van der Waals surface area contributed by atoms with Crippen molar-refractivity contribution >= 4 is 28.2 Å². The van der Waals surface area contributed by atoms with Crippen LogP contribution >= 0.6 is 0 Å². The van der Waals surface area contributed by atoms with Gasteiger partial charge in [0.05, 0.1) is 24.1 Å². The number of carbonyl (C=O) groups is 1. The minimum absolute atomic E-state index is 0.112. The lowest BCUT2D eigenvalue weighted by Gasteiger charge is -2.35. The van der Waals surface area contributed by atoms with Crippen molar-refractivity contribution in [3.05, 3.63) is 60.3 Å². The topological polar surface area (TPSA) is 73.4 Å². The third-order valence-electron chi connectivity index (χ3n) is 6.98. The molecule has 7 heteroatoms. The Morgan fingerprint density at radius 2 is 2.09 bits per heavy atom. The second-order valence-corrected chi connectivity index (χ2v) is 9.07. The molecule has 1 saturated carbocycles. The van der Waals surface area contributed by atoms with E-state index in [0.29, 0.717) is 29.1 Å². The van der Waals surface area contributed by atoms with Crippen LogP contribution in [0.5, 0.6) is 0 Å². The summed E-state index contributed by atoms with van der Waals surface area (Å²) in [7, 11) is 0. The molecule has 1 aliphatic heterocycles. The lowest BCUT2D eigenvalue weighted by molar-refractivity contribution is -0.121. The highest BCUT2D eigenvalue weighted by Crippen LogP contribution is 2.34. The van der Waals surface area contributed by atoms with Gasteiger partial charge in [-0.15, -0.1) is 0 Å². The number of H-pyrrole nitrogens is 1. The number of carbonyl (C=O) groups excluding carboxylic acids is 1. The number of fused-ring (bicyclic) bond motifs is 1. The number of rotatable bonds is 6. The number of aromatic amines is 1. The third-order valence-corrected chi connectivity index (χ3v) is 6.98. The van der Waals surface area contributed by atoms with Crippen LogP contribution in [0.2, 0.25) is 0 Å². The van der Waals surface area contributed by atoms with E-state index in [1.54, 1.807) is 18.3 Å². The monoisotopic (exact) mass is 459 g/mol. The molecule has 1 amide bonds. The fourth-order valence-electron chi connectivity index (χ4n) is 5.02. The number of hydrogen-bond acceptors (Lipinski definition) is 4. The molecule has 2 N–H and O–H groups in total. The highest BCUT2D eigenvalue weighted by molar-refractivity contribution is 5.90. The SMILES string of the molecule is CCC(=O)NC1CCC(N2CC(CC)=NC=C2c2ccc(-c3ccc4[nH]ccc4c3F)nc2)C1. The molecule has 0 saturated heterocycles. The Labute approximate surface area is 199 Å². The van der Waals surface area contributed by atoms with Gasteiger partial charge in [-0.05, 0) is 56.0 Å². The van der Waals surface area contributed by atoms with Crippen molar-refractivity contribution in [3.8, 4) is 11.3 Å². The first-order chi connectivity index (χ1) is 16.6. The van der Waals surface area contributed by atoms with Gasteiger partial charge < -0.3 is 15.2 Å². The van der Waals surface area contributed by atoms with Gasteiger partial charge >= 0.3 is 0 Å². The van der Waals surface area contributed by atoms with Crippen molar-refractivity contribution in [2.75, 3.05) is 6.54 Å². The summed E-state index contributed by atoms with van der Waals surface area (Å²) in [4.78, 5) is 26.6. The molecule has 0 spiro atoms. The van der Waals surface area contributed by atoms with Gasteiger partial charge in [-0.2, -0.15) is 0 Å². The molecule has 176 valence electrons. The summed E-state index contributed by atoms with van der Waals surface area (Å²) >= 11 is 0. The van der Waals surface area contributed by atoms with Crippen molar-refractivity contribution < 1.29 is 9.18 Å². The number of nitrogens with one attached hydrogen (secondary N) is 2. The lowest BCUT2D eigenvalue weighted by Crippen LogP contribution is -2.40. The Morgan fingerprint density at radius 1 is 1.21 bits per heavy atom. The van der Waals surface area contributed by atoms with Crippen molar-refractivity contribution in [3.63, 3.8) is 0 Å². The van der Waals surface area contributed by atoms with Crippen LogP contribution in [-0.2, 0) is 4.79 Å². The predicted octanol–water partition coefficient (Wildman–Crippen LogP) is 5.28. The number of halogens is 1. The molecular formula is C27H30FN5O. The van der Waals surface area contributed by atoms with Crippen molar-refractivity contribution in [1.82, 2.24) is 20.2 Å². The number of benzene rings is 1. The highest BCUT2D eigenvalue weighted by atomic mass is 19.1. The van der Waals surface area contributed by atoms with Crippen LogP contribution < -0.4 is 5.32 Å². The molecule has 3 heterocycles. The van der Waals surface area contributed by atoms with Crippen molar-refractivity contribution in [2.24, 2.45) is 4.99 Å². The van der Waals surface area contributed by atoms with E-state index in [9.17, 15) is 4.79 Å². The molecule has 1 aromatic carbocycles. The molecule has 0 bridgehead atoms. The molecular weight excluding hydrogens is 429 g/mol. The van der Waals surface area contributed by atoms with Gasteiger partial charge in [0.25, 0.3) is 0 Å². The van der Waals surface area contributed by atoms with Gasteiger partial charge in [0, 0.05) is 58.6 Å². The first-order valence-corrected chi connectivity index (χ1v) is 12.1. The van der Waals surface area contributed by atoms with Gasteiger partial charge in [0.2, 0.25) is 5.91 Å².